The molecule has 0 aliphatic carbocycles. The number of halogens is 1. The average Bonchev–Trinajstić information content (AvgIpc) is 3.30. The lowest BCUT2D eigenvalue weighted by atomic mass is 9.84. The average molecular weight is 548 g/mol. The second-order valence-corrected chi connectivity index (χ2v) is 11.2. The number of hydrogen-bond acceptors (Lipinski definition) is 5. The first kappa shape index (κ1) is 28.4. The van der Waals surface area contributed by atoms with E-state index in [1.165, 1.54) is 6.92 Å². The minimum absolute atomic E-state index is 0.0247. The van der Waals surface area contributed by atoms with Crippen molar-refractivity contribution >= 4 is 29.3 Å². The maximum absolute atomic E-state index is 13.6. The van der Waals surface area contributed by atoms with E-state index in [2.05, 4.69) is 0 Å². The van der Waals surface area contributed by atoms with Crippen LogP contribution in [0.4, 0.5) is 4.79 Å². The van der Waals surface area contributed by atoms with Gasteiger partial charge in [0.2, 0.25) is 0 Å². The highest BCUT2D eigenvalue weighted by atomic mass is 35.5. The first-order chi connectivity index (χ1) is 18.4. The number of carbonyl (C=O) groups is 3. The van der Waals surface area contributed by atoms with Crippen LogP contribution in [0.2, 0.25) is 5.02 Å². The molecule has 39 heavy (non-hydrogen) atoms. The maximum atomic E-state index is 13.6. The molecule has 1 saturated heterocycles. The predicted octanol–water partition coefficient (Wildman–Crippen LogP) is 6.88. The van der Waals surface area contributed by atoms with Crippen molar-refractivity contribution in [3.05, 3.63) is 94.0 Å². The molecule has 4 rings (SSSR count). The molecule has 0 unspecified atom stereocenters. The van der Waals surface area contributed by atoms with Gasteiger partial charge in [-0.2, -0.15) is 0 Å². The number of carbonyl (C=O) groups excluding carboxylic acids is 3. The minimum atomic E-state index is -0.932. The van der Waals surface area contributed by atoms with E-state index >= 15 is 0 Å². The largest absolute Gasteiger partial charge is 0.480 e. The quantitative estimate of drug-likeness (QED) is 0.287. The van der Waals surface area contributed by atoms with Gasteiger partial charge in [-0.05, 0) is 100 Å². The van der Waals surface area contributed by atoms with Crippen molar-refractivity contribution in [2.75, 3.05) is 13.1 Å². The van der Waals surface area contributed by atoms with E-state index in [4.69, 9.17) is 21.1 Å². The molecule has 204 valence electrons. The van der Waals surface area contributed by atoms with Crippen LogP contribution in [0.15, 0.2) is 66.7 Å². The smallest absolute Gasteiger partial charge is 0.415 e. The van der Waals surface area contributed by atoms with Gasteiger partial charge < -0.3 is 14.4 Å². The molecule has 0 aromatic heterocycles. The number of Topliss-reactive ketones (excluding diaryl/α,β-unsaturated/α-hetero) is 2. The number of amides is 1. The molecule has 1 aliphatic heterocycles. The molecule has 1 fully saturated rings. The summed E-state index contributed by atoms with van der Waals surface area (Å²) in [5.74, 6) is 0.554. The number of nitrogens with zero attached hydrogens (tertiary/aromatic N) is 1. The van der Waals surface area contributed by atoms with Crippen molar-refractivity contribution in [3.8, 4) is 11.5 Å². The van der Waals surface area contributed by atoms with Gasteiger partial charge in [0.25, 0.3) is 0 Å². The first-order valence-electron chi connectivity index (χ1n) is 13.1. The van der Waals surface area contributed by atoms with Gasteiger partial charge in [-0.3, -0.25) is 9.59 Å². The third-order valence-corrected chi connectivity index (χ3v) is 7.59. The lowest BCUT2D eigenvalue weighted by molar-refractivity contribution is -0.129. The third kappa shape index (κ3) is 6.69. The van der Waals surface area contributed by atoms with E-state index in [0.29, 0.717) is 35.1 Å². The van der Waals surface area contributed by atoms with E-state index < -0.39 is 17.6 Å². The molecule has 0 bridgehead atoms. The number of rotatable bonds is 8. The number of para-hydroxylation sites is 1. The van der Waals surface area contributed by atoms with Crippen molar-refractivity contribution in [1.82, 2.24) is 4.90 Å². The Morgan fingerprint density at radius 2 is 1.56 bits per heavy atom. The second-order valence-electron chi connectivity index (χ2n) is 10.8. The highest BCUT2D eigenvalue weighted by Gasteiger charge is 2.40. The maximum Gasteiger partial charge on any atom is 0.415 e. The van der Waals surface area contributed by atoms with Gasteiger partial charge in [0.05, 0.1) is 0 Å². The molecule has 3 aromatic rings. The molecule has 2 atom stereocenters. The van der Waals surface area contributed by atoms with Crippen molar-refractivity contribution in [3.63, 3.8) is 0 Å². The predicted molar refractivity (Wildman–Crippen MR) is 152 cm³/mol. The van der Waals surface area contributed by atoms with E-state index in [-0.39, 0.29) is 24.0 Å². The molecule has 0 saturated carbocycles. The SMILES string of the molecule is CC(=O)C(C)(C)Oc1c(C)cc(C[C@H]2CN(C(=O)Oc3ccccc3)C[C@@H]2C(=O)c2ccc(Cl)cc2)cc1C. The normalized spacial score (nSPS) is 17.1. The molecular formula is C32H34ClNO5. The van der Waals surface area contributed by atoms with Crippen LogP contribution in [0, 0.1) is 25.7 Å². The van der Waals surface area contributed by atoms with Crippen molar-refractivity contribution < 1.29 is 23.9 Å². The van der Waals surface area contributed by atoms with Crippen molar-refractivity contribution in [2.45, 2.75) is 46.6 Å². The number of aryl methyl sites for hydroxylation is 2. The summed E-state index contributed by atoms with van der Waals surface area (Å²) >= 11 is 6.04. The van der Waals surface area contributed by atoms with Crippen LogP contribution in [0.25, 0.3) is 0 Å². The fraction of sp³-hybridized carbons (Fsp3) is 0.344. The lowest BCUT2D eigenvalue weighted by Gasteiger charge is -2.26. The summed E-state index contributed by atoms with van der Waals surface area (Å²) in [5, 5.41) is 0.559. The summed E-state index contributed by atoms with van der Waals surface area (Å²) in [6.45, 7) is 9.61. The second kappa shape index (κ2) is 11.6. The Hall–Kier alpha value is -3.64. The fourth-order valence-electron chi connectivity index (χ4n) is 4.95. The number of ether oxygens (including phenoxy) is 2. The molecule has 1 amide bonds. The summed E-state index contributed by atoms with van der Waals surface area (Å²) in [6, 6.07) is 19.8. The summed E-state index contributed by atoms with van der Waals surface area (Å²) in [4.78, 5) is 40.3. The van der Waals surface area contributed by atoms with E-state index in [0.717, 1.165) is 16.7 Å². The Kier molecular flexibility index (Phi) is 8.45. The number of likely N-dealkylation sites (tertiary alicyclic amines) is 1. The molecular weight excluding hydrogens is 514 g/mol. The molecule has 3 aromatic carbocycles. The van der Waals surface area contributed by atoms with E-state index in [1.807, 2.05) is 32.0 Å². The van der Waals surface area contributed by atoms with Gasteiger partial charge in [-0.1, -0.05) is 41.9 Å². The van der Waals surface area contributed by atoms with E-state index in [1.54, 1.807) is 67.3 Å². The summed E-state index contributed by atoms with van der Waals surface area (Å²) in [5.41, 5.74) is 2.50. The van der Waals surface area contributed by atoms with Crippen molar-refractivity contribution in [1.29, 1.82) is 0 Å². The molecule has 1 aliphatic rings. The van der Waals surface area contributed by atoms with Crippen molar-refractivity contribution in [2.24, 2.45) is 11.8 Å². The molecule has 0 radical (unpaired) electrons. The Bertz CT molecular complexity index is 1340. The van der Waals surface area contributed by atoms with Gasteiger partial charge in [0, 0.05) is 29.6 Å². The van der Waals surface area contributed by atoms with Crippen LogP contribution in [0.1, 0.15) is 47.8 Å². The van der Waals surface area contributed by atoms with Crippen LogP contribution in [0.5, 0.6) is 11.5 Å². The highest BCUT2D eigenvalue weighted by Crippen LogP contribution is 2.34. The van der Waals surface area contributed by atoms with Crippen LogP contribution < -0.4 is 9.47 Å². The minimum Gasteiger partial charge on any atom is -0.480 e. The van der Waals surface area contributed by atoms with Crippen LogP contribution in [0.3, 0.4) is 0 Å². The number of ketones is 2. The third-order valence-electron chi connectivity index (χ3n) is 7.34. The van der Waals surface area contributed by atoms with Gasteiger partial charge in [0.15, 0.2) is 17.2 Å². The molecule has 6 nitrogen and oxygen atoms in total. The zero-order valence-electron chi connectivity index (χ0n) is 23.0. The standard InChI is InChI=1S/C32H34ClNO5/c1-20-15-23(16-21(2)30(20)39-32(4,5)22(3)35)17-25-18-34(31(37)38-27-9-7-6-8-10-27)19-28(25)29(36)24-11-13-26(33)14-12-24/h6-16,25,28H,17-19H2,1-5H3/t25-,28-/m0/s1. The van der Waals surface area contributed by atoms with Crippen LogP contribution in [-0.4, -0.2) is 41.3 Å². The zero-order chi connectivity index (χ0) is 28.3. The topological polar surface area (TPSA) is 72.9 Å². The molecule has 0 spiro atoms. The van der Waals surface area contributed by atoms with Gasteiger partial charge in [-0.25, -0.2) is 4.79 Å². The summed E-state index contributed by atoms with van der Waals surface area (Å²) in [7, 11) is 0. The van der Waals surface area contributed by atoms with Gasteiger partial charge in [0.1, 0.15) is 11.5 Å². The molecule has 7 heteroatoms. The zero-order valence-corrected chi connectivity index (χ0v) is 23.7. The Morgan fingerprint density at radius 1 is 0.949 bits per heavy atom. The van der Waals surface area contributed by atoms with Crippen LogP contribution in [-0.2, 0) is 11.2 Å². The molecule has 0 N–H and O–H groups in total. The molecule has 1 heterocycles. The Morgan fingerprint density at radius 3 is 2.15 bits per heavy atom. The summed E-state index contributed by atoms with van der Waals surface area (Å²) in [6.07, 6.45) is 0.122. The summed E-state index contributed by atoms with van der Waals surface area (Å²) < 4.78 is 11.7. The lowest BCUT2D eigenvalue weighted by Crippen LogP contribution is -2.36. The first-order valence-corrected chi connectivity index (χ1v) is 13.4. The van der Waals surface area contributed by atoms with E-state index in [9.17, 15) is 14.4 Å². The van der Waals surface area contributed by atoms with Gasteiger partial charge >= 0.3 is 6.09 Å². The van der Waals surface area contributed by atoms with Crippen LogP contribution >= 0.6 is 11.6 Å². The number of benzene rings is 3. The highest BCUT2D eigenvalue weighted by molar-refractivity contribution is 6.30. The van der Waals surface area contributed by atoms with Gasteiger partial charge in [-0.15, -0.1) is 0 Å². The fourth-order valence-corrected chi connectivity index (χ4v) is 5.08. The monoisotopic (exact) mass is 547 g/mol. The Labute approximate surface area is 234 Å². The Balaban J connectivity index is 1.58. The number of hydrogen-bond donors (Lipinski definition) is 0.